The highest BCUT2D eigenvalue weighted by molar-refractivity contribution is 9.10. The molecule has 0 spiro atoms. The summed E-state index contributed by atoms with van der Waals surface area (Å²) in [5.41, 5.74) is 2.01. The van der Waals surface area contributed by atoms with Gasteiger partial charge >= 0.3 is 0 Å². The zero-order chi connectivity index (χ0) is 27.5. The van der Waals surface area contributed by atoms with Crippen LogP contribution in [0.2, 0.25) is 0 Å². The van der Waals surface area contributed by atoms with Crippen LogP contribution in [0, 0.1) is 6.92 Å². The third-order valence-electron chi connectivity index (χ3n) is 5.69. The predicted molar refractivity (Wildman–Crippen MR) is 153 cm³/mol. The summed E-state index contributed by atoms with van der Waals surface area (Å²) in [6.45, 7) is 1.86. The van der Waals surface area contributed by atoms with E-state index in [2.05, 4.69) is 26.0 Å². The number of nitrogens with zero attached hydrogens (tertiary/aromatic N) is 1. The fourth-order valence-electron chi connectivity index (χ4n) is 3.59. The number of anilines is 3. The Morgan fingerprint density at radius 2 is 1.29 bits per heavy atom. The fraction of sp³-hybridized carbons (Fsp3) is 0.0741. The molecule has 4 aromatic rings. The Hall–Kier alpha value is -3.67. The number of carbonyl (C=O) groups is 1. The van der Waals surface area contributed by atoms with Crippen molar-refractivity contribution in [3.63, 3.8) is 0 Å². The number of aryl methyl sites for hydroxylation is 1. The summed E-state index contributed by atoms with van der Waals surface area (Å²) >= 11 is 3.31. The second kappa shape index (κ2) is 11.0. The Morgan fingerprint density at radius 3 is 1.92 bits per heavy atom. The number of rotatable bonds is 8. The zero-order valence-corrected chi connectivity index (χ0v) is 23.6. The van der Waals surface area contributed by atoms with Gasteiger partial charge in [0.15, 0.2) is 0 Å². The Kier molecular flexibility index (Phi) is 7.91. The molecule has 38 heavy (non-hydrogen) atoms. The van der Waals surface area contributed by atoms with Gasteiger partial charge in [-0.2, -0.15) is 0 Å². The van der Waals surface area contributed by atoms with Crippen molar-refractivity contribution in [2.45, 2.75) is 16.7 Å². The van der Waals surface area contributed by atoms with Gasteiger partial charge in [0.25, 0.3) is 26.0 Å². The van der Waals surface area contributed by atoms with Gasteiger partial charge in [-0.05, 0) is 79.7 Å². The largest absolute Gasteiger partial charge is 0.322 e. The first-order valence-corrected chi connectivity index (χ1v) is 15.0. The van der Waals surface area contributed by atoms with Crippen LogP contribution in [-0.4, -0.2) is 29.8 Å². The van der Waals surface area contributed by atoms with Crippen LogP contribution in [0.3, 0.4) is 0 Å². The van der Waals surface area contributed by atoms with E-state index < -0.39 is 26.0 Å². The number of hydrogen-bond donors (Lipinski definition) is 2. The van der Waals surface area contributed by atoms with Crippen LogP contribution in [0.1, 0.15) is 15.9 Å². The summed E-state index contributed by atoms with van der Waals surface area (Å²) < 4.78 is 56.2. The van der Waals surface area contributed by atoms with Crippen LogP contribution < -0.4 is 14.3 Å². The molecule has 0 heterocycles. The van der Waals surface area contributed by atoms with Gasteiger partial charge in [0.2, 0.25) is 0 Å². The third kappa shape index (κ3) is 6.07. The highest BCUT2D eigenvalue weighted by Gasteiger charge is 2.25. The fourth-order valence-corrected chi connectivity index (χ4v) is 6.12. The smallest absolute Gasteiger partial charge is 0.264 e. The molecule has 2 N–H and O–H groups in total. The van der Waals surface area contributed by atoms with Crippen molar-refractivity contribution in [1.29, 1.82) is 0 Å². The van der Waals surface area contributed by atoms with E-state index in [1.807, 2.05) is 6.92 Å². The molecule has 4 rings (SSSR count). The molecule has 0 aliphatic rings. The summed E-state index contributed by atoms with van der Waals surface area (Å²) in [5.74, 6) is -0.546. The van der Waals surface area contributed by atoms with Gasteiger partial charge in [0.05, 0.1) is 21.0 Å². The van der Waals surface area contributed by atoms with Crippen molar-refractivity contribution in [3.8, 4) is 0 Å². The third-order valence-corrected chi connectivity index (χ3v) is 9.40. The summed E-state index contributed by atoms with van der Waals surface area (Å²) in [7, 11) is -6.36. The van der Waals surface area contributed by atoms with Crippen molar-refractivity contribution < 1.29 is 21.6 Å². The Labute approximate surface area is 230 Å². The molecule has 0 fully saturated rings. The lowest BCUT2D eigenvalue weighted by molar-refractivity contribution is 0.102. The number of amides is 1. The van der Waals surface area contributed by atoms with E-state index in [0.717, 1.165) is 14.3 Å². The molecule has 1 amide bonds. The number of benzene rings is 4. The lowest BCUT2D eigenvalue weighted by Gasteiger charge is -2.22. The average Bonchev–Trinajstić information content (AvgIpc) is 2.90. The monoisotopic (exact) mass is 613 g/mol. The van der Waals surface area contributed by atoms with E-state index >= 15 is 0 Å². The number of sulfonamides is 2. The molecule has 0 radical (unpaired) electrons. The van der Waals surface area contributed by atoms with E-state index in [4.69, 9.17) is 0 Å². The molecule has 0 saturated carbocycles. The highest BCUT2D eigenvalue weighted by atomic mass is 79.9. The van der Waals surface area contributed by atoms with Crippen molar-refractivity contribution in [2.24, 2.45) is 0 Å². The minimum absolute atomic E-state index is 0.0164. The molecular formula is C27H24BrN3O5S2. The lowest BCUT2D eigenvalue weighted by atomic mass is 10.1. The van der Waals surface area contributed by atoms with Crippen LogP contribution in [-0.2, 0) is 20.0 Å². The molecule has 4 aromatic carbocycles. The predicted octanol–water partition coefficient (Wildman–Crippen LogP) is 5.64. The van der Waals surface area contributed by atoms with Gasteiger partial charge in [-0.1, -0.05) is 45.8 Å². The van der Waals surface area contributed by atoms with Crippen molar-refractivity contribution in [2.75, 3.05) is 21.4 Å². The normalized spacial score (nSPS) is 11.6. The maximum Gasteiger partial charge on any atom is 0.264 e. The number of carbonyl (C=O) groups excluding carboxylic acids is 1. The number of hydrogen-bond acceptors (Lipinski definition) is 5. The van der Waals surface area contributed by atoms with E-state index in [1.165, 1.54) is 49.5 Å². The molecule has 0 aliphatic heterocycles. The standard InChI is InChI=1S/C27H24BrN3O5S2/c1-19-7-15-24(16-8-19)38(35,36)31(2)26-6-4-3-5-25(26)27(32)29-21-13-17-23(18-14-21)37(33,34)30-22-11-9-20(28)10-12-22/h3-18,30H,1-2H3,(H,29,32). The molecule has 196 valence electrons. The van der Waals surface area contributed by atoms with Crippen molar-refractivity contribution in [3.05, 3.63) is 113 Å². The quantitative estimate of drug-likeness (QED) is 0.267. The summed E-state index contributed by atoms with van der Waals surface area (Å²) in [6, 6.07) is 25.2. The number of para-hydroxylation sites is 1. The van der Waals surface area contributed by atoms with Crippen LogP contribution in [0.15, 0.2) is 111 Å². The lowest BCUT2D eigenvalue weighted by Crippen LogP contribution is -2.29. The van der Waals surface area contributed by atoms with E-state index in [0.29, 0.717) is 11.4 Å². The van der Waals surface area contributed by atoms with E-state index in [9.17, 15) is 21.6 Å². The summed E-state index contributed by atoms with van der Waals surface area (Å²) in [4.78, 5) is 13.3. The van der Waals surface area contributed by atoms with Gasteiger partial charge in [-0.15, -0.1) is 0 Å². The summed E-state index contributed by atoms with van der Waals surface area (Å²) in [6.07, 6.45) is 0. The maximum absolute atomic E-state index is 13.2. The SMILES string of the molecule is Cc1ccc(S(=O)(=O)N(C)c2ccccc2C(=O)Nc2ccc(S(=O)(=O)Nc3ccc(Br)cc3)cc2)cc1. The molecule has 0 atom stereocenters. The van der Waals surface area contributed by atoms with Gasteiger partial charge in [-0.25, -0.2) is 16.8 Å². The van der Waals surface area contributed by atoms with Crippen LogP contribution in [0.25, 0.3) is 0 Å². The molecule has 0 aromatic heterocycles. The molecular weight excluding hydrogens is 590 g/mol. The zero-order valence-electron chi connectivity index (χ0n) is 20.4. The average molecular weight is 615 g/mol. The second-order valence-electron chi connectivity index (χ2n) is 8.39. The number of nitrogens with one attached hydrogen (secondary N) is 2. The van der Waals surface area contributed by atoms with Crippen molar-refractivity contribution in [1.82, 2.24) is 0 Å². The topological polar surface area (TPSA) is 113 Å². The molecule has 0 saturated heterocycles. The van der Waals surface area contributed by atoms with Crippen LogP contribution in [0.5, 0.6) is 0 Å². The number of halogens is 1. The minimum Gasteiger partial charge on any atom is -0.322 e. The Bertz CT molecular complexity index is 1670. The Morgan fingerprint density at radius 1 is 0.737 bits per heavy atom. The first-order valence-electron chi connectivity index (χ1n) is 11.3. The molecule has 8 nitrogen and oxygen atoms in total. The van der Waals surface area contributed by atoms with E-state index in [1.54, 1.807) is 54.6 Å². The van der Waals surface area contributed by atoms with Gasteiger partial charge in [0, 0.05) is 22.9 Å². The first-order chi connectivity index (χ1) is 18.0. The van der Waals surface area contributed by atoms with Crippen LogP contribution >= 0.6 is 15.9 Å². The molecule has 0 aliphatic carbocycles. The van der Waals surface area contributed by atoms with Crippen LogP contribution in [0.4, 0.5) is 17.1 Å². The molecule has 0 bridgehead atoms. The first kappa shape index (κ1) is 27.4. The van der Waals surface area contributed by atoms with Crippen molar-refractivity contribution >= 4 is 58.9 Å². The highest BCUT2D eigenvalue weighted by Crippen LogP contribution is 2.27. The Balaban J connectivity index is 1.53. The minimum atomic E-state index is -3.91. The molecule has 11 heteroatoms. The maximum atomic E-state index is 13.2. The van der Waals surface area contributed by atoms with Gasteiger partial charge in [0.1, 0.15) is 0 Å². The molecule has 0 unspecified atom stereocenters. The summed E-state index contributed by atoms with van der Waals surface area (Å²) in [5, 5.41) is 2.71. The van der Waals surface area contributed by atoms with Gasteiger partial charge in [-0.3, -0.25) is 13.8 Å². The van der Waals surface area contributed by atoms with Gasteiger partial charge < -0.3 is 5.32 Å². The second-order valence-corrected chi connectivity index (χ2v) is 13.0. The van der Waals surface area contributed by atoms with E-state index in [-0.39, 0.29) is 21.0 Å².